The van der Waals surface area contributed by atoms with Gasteiger partial charge in [-0.15, -0.1) is 0 Å². The lowest BCUT2D eigenvalue weighted by Gasteiger charge is -2.30. The molecule has 122 valence electrons. The Bertz CT molecular complexity index is 448. The largest absolute Gasteiger partial charge is 0.448 e. The van der Waals surface area contributed by atoms with Crippen molar-refractivity contribution in [3.63, 3.8) is 0 Å². The Morgan fingerprint density at radius 3 is 1.70 bits per heavy atom. The highest BCUT2D eigenvalue weighted by Gasteiger charge is 2.73. The summed E-state index contributed by atoms with van der Waals surface area (Å²) >= 11 is 3.70. The zero-order valence-electron chi connectivity index (χ0n) is 9.24. The Morgan fingerprint density at radius 2 is 1.40 bits per heavy atom. The lowest BCUT2D eigenvalue weighted by Crippen LogP contribution is -2.57. The molecule has 0 fully saturated rings. The summed E-state index contributed by atoms with van der Waals surface area (Å²) in [5.41, 5.74) is 0. The molecule has 14 heteroatoms. The number of hydrogen-bond acceptors (Lipinski definition) is 3. The average molecular weight is 360 g/mol. The predicted octanol–water partition coefficient (Wildman–Crippen LogP) is 2.55. The van der Waals surface area contributed by atoms with E-state index in [9.17, 15) is 43.5 Å². The lowest BCUT2D eigenvalue weighted by molar-refractivity contribution is -0.442. The van der Waals surface area contributed by atoms with Crippen molar-refractivity contribution >= 4 is 21.6 Å². The molecule has 0 amide bonds. The number of halogens is 9. The van der Waals surface area contributed by atoms with Crippen molar-refractivity contribution in [2.75, 3.05) is 6.54 Å². The monoisotopic (exact) mass is 359 g/mol. The lowest BCUT2D eigenvalue weighted by atomic mass is 10.6. The van der Waals surface area contributed by atoms with E-state index in [0.717, 1.165) is 11.6 Å². The van der Waals surface area contributed by atoms with Gasteiger partial charge in [0.25, 0.3) is 10.0 Å². The first kappa shape index (κ1) is 19.6. The van der Waals surface area contributed by atoms with Crippen LogP contribution in [-0.4, -0.2) is 37.8 Å². The second kappa shape index (κ2) is 5.42. The van der Waals surface area contributed by atoms with Gasteiger partial charge in [-0.05, 0) is 11.6 Å². The Labute approximate surface area is 112 Å². The van der Waals surface area contributed by atoms with Gasteiger partial charge < -0.3 is 0 Å². The summed E-state index contributed by atoms with van der Waals surface area (Å²) in [7, 11) is -6.17. The van der Waals surface area contributed by atoms with Gasteiger partial charge in [-0.1, -0.05) is 6.92 Å². The predicted molar refractivity (Wildman–Crippen MR) is 49.3 cm³/mol. The van der Waals surface area contributed by atoms with Crippen molar-refractivity contribution in [2.45, 2.75) is 29.8 Å². The summed E-state index contributed by atoms with van der Waals surface area (Å²) in [6, 6.07) is 0. The molecule has 0 radical (unpaired) electrons. The van der Waals surface area contributed by atoms with Crippen LogP contribution < -0.4 is 4.72 Å². The highest BCUT2D eigenvalue weighted by atomic mass is 35.5. The van der Waals surface area contributed by atoms with Crippen LogP contribution in [0.5, 0.6) is 0 Å². The Hall–Kier alpha value is -0.400. The molecule has 4 nitrogen and oxygen atoms in total. The van der Waals surface area contributed by atoms with E-state index in [1.54, 1.807) is 0 Å². The number of rotatable bonds is 7. The number of sulfonamides is 1. The third kappa shape index (κ3) is 3.62. The topological polar surface area (TPSA) is 55.4 Å². The molecule has 0 bridgehead atoms. The minimum absolute atomic E-state index is 0.796. The maximum absolute atomic E-state index is 12.9. The van der Waals surface area contributed by atoms with E-state index in [-0.39, 0.29) is 0 Å². The van der Waals surface area contributed by atoms with E-state index >= 15 is 0 Å². The van der Waals surface area contributed by atoms with Crippen LogP contribution in [0.1, 0.15) is 6.92 Å². The highest BCUT2D eigenvalue weighted by molar-refractivity contribution is 7.90. The number of nitrogens with one attached hydrogen (secondary N) is 1. The zero-order valence-corrected chi connectivity index (χ0v) is 10.8. The van der Waals surface area contributed by atoms with Crippen molar-refractivity contribution in [3.8, 4) is 0 Å². The van der Waals surface area contributed by atoms with E-state index in [4.69, 9.17) is 0 Å². The molecule has 0 spiro atoms. The van der Waals surface area contributed by atoms with Gasteiger partial charge in [0.15, 0.2) is 0 Å². The van der Waals surface area contributed by atoms with Crippen molar-refractivity contribution in [2.24, 2.45) is 0 Å². The minimum atomic E-state index is -6.48. The Morgan fingerprint density at radius 1 is 1.00 bits per heavy atom. The summed E-state index contributed by atoms with van der Waals surface area (Å²) in [5, 5.41) is -12.0. The summed E-state index contributed by atoms with van der Waals surface area (Å²) in [6.45, 7) is 0.115. The standard InChI is InChI=1S/C6H6ClF8NO3S/c1-2-16-20(17,18)6(14,15)5(12,13)19-4(10,11)3(7,8)9/h16H,2H2,1H3. The van der Waals surface area contributed by atoms with Crippen LogP contribution in [0.25, 0.3) is 0 Å². The number of hydrogen-bond donors (Lipinski definition) is 1. The third-order valence-corrected chi connectivity index (χ3v) is 3.40. The molecular weight excluding hydrogens is 354 g/mol. The summed E-state index contributed by atoms with van der Waals surface area (Å²) < 4.78 is 125. The van der Waals surface area contributed by atoms with E-state index < -0.39 is 39.4 Å². The molecule has 0 aromatic rings. The summed E-state index contributed by atoms with van der Waals surface area (Å²) in [6.07, 6.45) is -12.7. The smallest absolute Gasteiger partial charge is 0.243 e. The molecule has 1 N–H and O–H groups in total. The van der Waals surface area contributed by atoms with Crippen LogP contribution in [0.2, 0.25) is 0 Å². The molecular formula is C6H6ClF8NO3S. The van der Waals surface area contributed by atoms with Crippen molar-refractivity contribution in [1.29, 1.82) is 0 Å². The molecule has 0 atom stereocenters. The van der Waals surface area contributed by atoms with Gasteiger partial charge in [-0.2, -0.15) is 35.1 Å². The molecule has 0 aromatic heterocycles. The van der Waals surface area contributed by atoms with Crippen LogP contribution in [0.15, 0.2) is 0 Å². The maximum Gasteiger partial charge on any atom is 0.448 e. The fourth-order valence-corrected chi connectivity index (χ4v) is 1.67. The first-order chi connectivity index (χ1) is 8.52. The fraction of sp³-hybridized carbons (Fsp3) is 1.00. The van der Waals surface area contributed by atoms with Gasteiger partial charge in [-0.25, -0.2) is 17.9 Å². The normalized spacial score (nSPS) is 15.5. The first-order valence-corrected chi connectivity index (χ1v) is 6.27. The molecule has 0 heterocycles. The average Bonchev–Trinajstić information content (AvgIpc) is 2.12. The van der Waals surface area contributed by atoms with Crippen LogP contribution in [0.4, 0.5) is 35.1 Å². The second-order valence-electron chi connectivity index (χ2n) is 3.15. The molecule has 20 heavy (non-hydrogen) atoms. The minimum Gasteiger partial charge on any atom is -0.243 e. The fourth-order valence-electron chi connectivity index (χ4n) is 0.715. The third-order valence-electron chi connectivity index (χ3n) is 1.60. The summed E-state index contributed by atoms with van der Waals surface area (Å²) in [5.74, 6) is 0. The summed E-state index contributed by atoms with van der Waals surface area (Å²) in [4.78, 5) is 0. The molecule has 0 saturated heterocycles. The maximum atomic E-state index is 12.9. The van der Waals surface area contributed by atoms with E-state index in [1.165, 1.54) is 0 Å². The molecule has 0 aliphatic heterocycles. The van der Waals surface area contributed by atoms with E-state index in [2.05, 4.69) is 11.6 Å². The molecule has 0 aromatic carbocycles. The molecule has 0 rings (SSSR count). The number of alkyl halides is 9. The Balaban J connectivity index is 5.55. The SMILES string of the molecule is CCNS(=O)(=O)C(F)(F)C(F)(F)OC(F)(F)C(F)(F)Cl. The van der Waals surface area contributed by atoms with Crippen molar-refractivity contribution in [3.05, 3.63) is 0 Å². The van der Waals surface area contributed by atoms with Crippen molar-refractivity contribution < 1.29 is 48.3 Å². The van der Waals surface area contributed by atoms with E-state index in [1.807, 2.05) is 4.74 Å². The molecule has 0 aliphatic rings. The van der Waals surface area contributed by atoms with Gasteiger partial charge in [0.2, 0.25) is 0 Å². The highest BCUT2D eigenvalue weighted by Crippen LogP contribution is 2.47. The van der Waals surface area contributed by atoms with Crippen LogP contribution >= 0.6 is 11.6 Å². The molecule has 0 aliphatic carbocycles. The van der Waals surface area contributed by atoms with Gasteiger partial charge in [-0.3, -0.25) is 0 Å². The van der Waals surface area contributed by atoms with Gasteiger partial charge in [0, 0.05) is 6.54 Å². The van der Waals surface area contributed by atoms with Gasteiger partial charge >= 0.3 is 22.9 Å². The Kier molecular flexibility index (Phi) is 5.31. The van der Waals surface area contributed by atoms with Crippen LogP contribution in [0.3, 0.4) is 0 Å². The van der Waals surface area contributed by atoms with Crippen LogP contribution in [-0.2, 0) is 14.8 Å². The number of ether oxygens (including phenoxy) is 1. The molecule has 0 saturated carbocycles. The zero-order chi connectivity index (χ0) is 16.6. The first-order valence-electron chi connectivity index (χ1n) is 4.41. The van der Waals surface area contributed by atoms with Crippen LogP contribution in [0, 0.1) is 0 Å². The van der Waals surface area contributed by atoms with Crippen molar-refractivity contribution in [1.82, 2.24) is 4.72 Å². The second-order valence-corrected chi connectivity index (χ2v) is 5.43. The van der Waals surface area contributed by atoms with Gasteiger partial charge in [0.1, 0.15) is 0 Å². The van der Waals surface area contributed by atoms with Gasteiger partial charge in [0.05, 0.1) is 0 Å². The van der Waals surface area contributed by atoms with E-state index in [0.29, 0.717) is 0 Å². The quantitative estimate of drug-likeness (QED) is 0.561. The molecule has 0 unspecified atom stereocenters.